The largest absolute Gasteiger partial charge is 0.483 e. The van der Waals surface area contributed by atoms with Crippen molar-refractivity contribution in [2.24, 2.45) is 0 Å². The molecule has 1 aliphatic heterocycles. The fraction of sp³-hybridized carbons (Fsp3) is 0.333. The molecule has 2 aromatic carbocycles. The molecule has 0 bridgehead atoms. The Morgan fingerprint density at radius 2 is 1.91 bits per heavy atom. The number of aromatic nitrogens is 2. The molecule has 2 heterocycles. The Kier molecular flexibility index (Phi) is 7.58. The number of aryl methyl sites for hydroxylation is 1. The van der Waals surface area contributed by atoms with E-state index in [1.165, 1.54) is 5.69 Å². The highest BCUT2D eigenvalue weighted by molar-refractivity contribution is 5.95. The first kappa shape index (κ1) is 23.0. The molecule has 1 aromatic heterocycles. The lowest BCUT2D eigenvalue weighted by molar-refractivity contribution is -0.122. The highest BCUT2D eigenvalue weighted by atomic mass is 16.3. The fourth-order valence-electron chi connectivity index (χ4n) is 4.03. The van der Waals surface area contributed by atoms with Gasteiger partial charge < -0.3 is 20.6 Å². The van der Waals surface area contributed by atoms with Crippen molar-refractivity contribution >= 4 is 28.7 Å². The van der Waals surface area contributed by atoms with Crippen LogP contribution in [-0.2, 0) is 4.79 Å². The van der Waals surface area contributed by atoms with Crippen LogP contribution in [0, 0.1) is 25.2 Å². The first-order valence-electron chi connectivity index (χ1n) is 10.6. The molecule has 1 aliphatic rings. The summed E-state index contributed by atoms with van der Waals surface area (Å²) in [6.45, 7) is 9.84. The normalized spacial score (nSPS) is 14.1. The van der Waals surface area contributed by atoms with E-state index in [1.54, 1.807) is 0 Å². The minimum Gasteiger partial charge on any atom is -0.483 e. The van der Waals surface area contributed by atoms with Gasteiger partial charge in [-0.2, -0.15) is 10.4 Å². The van der Waals surface area contributed by atoms with Crippen LogP contribution in [0.15, 0.2) is 36.4 Å². The molecule has 1 unspecified atom stereocenters. The molecule has 0 radical (unpaired) electrons. The summed E-state index contributed by atoms with van der Waals surface area (Å²) in [6.07, 6.45) is 0. The van der Waals surface area contributed by atoms with Gasteiger partial charge in [-0.25, -0.2) is 0 Å². The van der Waals surface area contributed by atoms with E-state index in [0.717, 1.165) is 59.6 Å². The van der Waals surface area contributed by atoms with Crippen LogP contribution in [0.3, 0.4) is 0 Å². The second-order valence-corrected chi connectivity index (χ2v) is 7.70. The van der Waals surface area contributed by atoms with E-state index >= 15 is 0 Å². The number of anilines is 2. The van der Waals surface area contributed by atoms with Crippen molar-refractivity contribution in [3.63, 3.8) is 0 Å². The van der Waals surface area contributed by atoms with E-state index in [-0.39, 0.29) is 12.5 Å². The van der Waals surface area contributed by atoms with Crippen LogP contribution >= 0.6 is 0 Å². The predicted molar refractivity (Wildman–Crippen MR) is 126 cm³/mol. The number of piperazine rings is 1. The summed E-state index contributed by atoms with van der Waals surface area (Å²) < 4.78 is 0. The topological polar surface area (TPSA) is 114 Å². The lowest BCUT2D eigenvalue weighted by Gasteiger charge is -2.30. The van der Waals surface area contributed by atoms with Gasteiger partial charge in [0.15, 0.2) is 5.82 Å². The van der Waals surface area contributed by atoms with E-state index < -0.39 is 0 Å². The average molecular weight is 433 g/mol. The Morgan fingerprint density at radius 3 is 2.59 bits per heavy atom. The number of nitrogens with one attached hydrogen (secondary N) is 2. The Balaban J connectivity index is 0.000000913. The highest BCUT2D eigenvalue weighted by Gasteiger charge is 2.16. The van der Waals surface area contributed by atoms with Crippen LogP contribution in [0.5, 0.6) is 0 Å². The Morgan fingerprint density at radius 1 is 1.19 bits per heavy atom. The predicted octanol–water partition coefficient (Wildman–Crippen LogP) is 3.40. The summed E-state index contributed by atoms with van der Waals surface area (Å²) in [6, 6.07) is 14.7. The number of rotatable bonds is 4. The lowest BCUT2D eigenvalue weighted by atomic mass is 9.98. The molecule has 1 fully saturated rings. The van der Waals surface area contributed by atoms with Crippen LogP contribution in [-0.4, -0.2) is 48.0 Å². The number of nitriles is 1. The first-order chi connectivity index (χ1) is 15.5. The number of carbonyl (C=O) groups is 1. The third kappa shape index (κ3) is 4.95. The van der Waals surface area contributed by atoms with Gasteiger partial charge in [-0.05, 0) is 50.1 Å². The smallest absolute Gasteiger partial charge is 0.290 e. The van der Waals surface area contributed by atoms with Crippen molar-refractivity contribution in [3.05, 3.63) is 58.8 Å². The molecule has 8 nitrogen and oxygen atoms in total. The van der Waals surface area contributed by atoms with Gasteiger partial charge in [-0.15, -0.1) is 5.10 Å². The Hall–Kier alpha value is -3.70. The van der Waals surface area contributed by atoms with Gasteiger partial charge in [-0.3, -0.25) is 4.79 Å². The number of nitrogens with zero attached hydrogens (tertiary/aromatic N) is 4. The summed E-state index contributed by atoms with van der Waals surface area (Å²) in [5.41, 5.74) is 4.94. The third-order valence-electron chi connectivity index (χ3n) is 5.75. The molecule has 32 heavy (non-hydrogen) atoms. The molecule has 0 amide bonds. The third-order valence-corrected chi connectivity index (χ3v) is 5.75. The van der Waals surface area contributed by atoms with E-state index in [2.05, 4.69) is 63.0 Å². The minimum absolute atomic E-state index is 0.00588. The standard InChI is InChI=1S/C23H26N6.CH2O2/c1-15-18(14-24)5-4-6-20(15)16(2)26-23-22-13-19(29-11-9-25-10-12-29)7-8-21(22)17(3)27-28-23;2-1-3/h4-8,13,16,25H,9-12H2,1-3H3,(H,26,28);1H,(H,2,3). The molecule has 3 N–H and O–H groups in total. The molecule has 1 saturated heterocycles. The van der Waals surface area contributed by atoms with E-state index in [4.69, 9.17) is 9.90 Å². The van der Waals surface area contributed by atoms with Crippen molar-refractivity contribution in [2.45, 2.75) is 26.8 Å². The number of fused-ring (bicyclic) bond motifs is 1. The summed E-state index contributed by atoms with van der Waals surface area (Å²) >= 11 is 0. The zero-order valence-corrected chi connectivity index (χ0v) is 18.6. The Bertz CT molecular complexity index is 1140. The summed E-state index contributed by atoms with van der Waals surface area (Å²) in [5, 5.41) is 34.2. The van der Waals surface area contributed by atoms with Gasteiger partial charge in [0.2, 0.25) is 0 Å². The van der Waals surface area contributed by atoms with Gasteiger partial charge in [0.25, 0.3) is 6.47 Å². The maximum Gasteiger partial charge on any atom is 0.290 e. The quantitative estimate of drug-likeness (QED) is 0.538. The van der Waals surface area contributed by atoms with Gasteiger partial charge in [-0.1, -0.05) is 18.2 Å². The van der Waals surface area contributed by atoms with Crippen LogP contribution in [0.4, 0.5) is 11.5 Å². The summed E-state index contributed by atoms with van der Waals surface area (Å²) in [5.74, 6) is 0.775. The SMILES string of the molecule is Cc1c(C#N)cccc1C(C)Nc1nnc(C)c2ccc(N3CCNCC3)cc12.O=CO. The van der Waals surface area contributed by atoms with Crippen molar-refractivity contribution in [1.29, 1.82) is 5.26 Å². The Labute approximate surface area is 187 Å². The van der Waals surface area contributed by atoms with Crippen LogP contribution in [0.25, 0.3) is 10.8 Å². The number of carboxylic acid groups (broad SMARTS) is 1. The molecular formula is C24H28N6O2. The van der Waals surface area contributed by atoms with Gasteiger partial charge in [0.1, 0.15) is 0 Å². The average Bonchev–Trinajstić information content (AvgIpc) is 2.82. The van der Waals surface area contributed by atoms with Crippen molar-refractivity contribution in [3.8, 4) is 6.07 Å². The van der Waals surface area contributed by atoms with Crippen molar-refractivity contribution < 1.29 is 9.90 Å². The zero-order valence-electron chi connectivity index (χ0n) is 18.6. The molecule has 0 saturated carbocycles. The molecule has 4 rings (SSSR count). The number of hydrogen-bond acceptors (Lipinski definition) is 7. The molecule has 8 heteroatoms. The summed E-state index contributed by atoms with van der Waals surface area (Å²) in [7, 11) is 0. The number of hydrogen-bond donors (Lipinski definition) is 3. The zero-order chi connectivity index (χ0) is 23.1. The van der Waals surface area contributed by atoms with Crippen LogP contribution < -0.4 is 15.5 Å². The summed E-state index contributed by atoms with van der Waals surface area (Å²) in [4.78, 5) is 10.8. The first-order valence-corrected chi connectivity index (χ1v) is 10.6. The molecule has 0 spiro atoms. The number of benzene rings is 2. The van der Waals surface area contributed by atoms with Crippen molar-refractivity contribution in [2.75, 3.05) is 36.4 Å². The second kappa shape index (κ2) is 10.6. The van der Waals surface area contributed by atoms with Crippen LogP contribution in [0.2, 0.25) is 0 Å². The van der Waals surface area contributed by atoms with Gasteiger partial charge in [0.05, 0.1) is 23.4 Å². The maximum absolute atomic E-state index is 9.34. The maximum atomic E-state index is 9.34. The monoisotopic (exact) mass is 432 g/mol. The fourth-order valence-corrected chi connectivity index (χ4v) is 4.03. The van der Waals surface area contributed by atoms with Gasteiger partial charge >= 0.3 is 0 Å². The molecule has 166 valence electrons. The highest BCUT2D eigenvalue weighted by Crippen LogP contribution is 2.31. The lowest BCUT2D eigenvalue weighted by Crippen LogP contribution is -2.43. The molecule has 3 aromatic rings. The minimum atomic E-state index is -0.250. The van der Waals surface area contributed by atoms with E-state index in [9.17, 15) is 5.26 Å². The molecule has 0 aliphatic carbocycles. The molecular weight excluding hydrogens is 404 g/mol. The van der Waals surface area contributed by atoms with Crippen LogP contribution in [0.1, 0.15) is 35.3 Å². The van der Waals surface area contributed by atoms with Gasteiger partial charge in [0, 0.05) is 42.6 Å². The second-order valence-electron chi connectivity index (χ2n) is 7.70. The van der Waals surface area contributed by atoms with E-state index in [1.807, 2.05) is 26.0 Å². The molecule has 1 atom stereocenters. The van der Waals surface area contributed by atoms with E-state index in [0.29, 0.717) is 5.56 Å². The van der Waals surface area contributed by atoms with Crippen molar-refractivity contribution in [1.82, 2.24) is 15.5 Å².